The summed E-state index contributed by atoms with van der Waals surface area (Å²) >= 11 is 7.55. The van der Waals surface area contributed by atoms with Crippen LogP contribution in [-0.4, -0.2) is 43.6 Å². The molecule has 1 aromatic carbocycles. The van der Waals surface area contributed by atoms with Crippen LogP contribution in [-0.2, 0) is 4.79 Å². The Morgan fingerprint density at radius 2 is 2.22 bits per heavy atom. The van der Waals surface area contributed by atoms with Gasteiger partial charge in [-0.1, -0.05) is 17.7 Å². The first kappa shape index (κ1) is 16.2. The molecule has 0 bridgehead atoms. The minimum Gasteiger partial charge on any atom is -0.360 e. The number of aryl methyl sites for hydroxylation is 1. The van der Waals surface area contributed by atoms with Crippen molar-refractivity contribution in [2.75, 3.05) is 42.9 Å². The highest BCUT2D eigenvalue weighted by atomic mass is 35.5. The number of amides is 1. The number of rotatable bonds is 4. The number of benzene rings is 1. The zero-order valence-corrected chi connectivity index (χ0v) is 14.6. The number of thiazole rings is 1. The Morgan fingerprint density at radius 1 is 1.43 bits per heavy atom. The molecule has 0 spiro atoms. The summed E-state index contributed by atoms with van der Waals surface area (Å²) in [6.45, 7) is 6.21. The molecule has 0 radical (unpaired) electrons. The number of nitrogens with zero attached hydrogens (tertiary/aromatic N) is 2. The predicted octanol–water partition coefficient (Wildman–Crippen LogP) is 1.45. The summed E-state index contributed by atoms with van der Waals surface area (Å²) in [7, 11) is 0. The third-order valence-electron chi connectivity index (χ3n) is 3.92. The molecule has 122 valence electrons. The normalized spacial score (nSPS) is 15.7. The third-order valence-corrected chi connectivity index (χ3v) is 4.99. The molecule has 2 heterocycles. The smallest absolute Gasteiger partial charge is 0.281 e. The number of carbonyl (C=O) groups excluding carboxylic acids is 1. The van der Waals surface area contributed by atoms with Gasteiger partial charge in [-0.2, -0.15) is 0 Å². The van der Waals surface area contributed by atoms with Gasteiger partial charge in [0, 0.05) is 21.8 Å². The monoisotopic (exact) mass is 351 g/mol. The first-order chi connectivity index (χ1) is 11.1. The second-order valence-electron chi connectivity index (χ2n) is 5.72. The molecule has 7 heteroatoms. The van der Waals surface area contributed by atoms with Crippen molar-refractivity contribution in [3.05, 3.63) is 40.4 Å². The van der Waals surface area contributed by atoms with E-state index >= 15 is 0 Å². The predicted molar refractivity (Wildman–Crippen MR) is 94.7 cm³/mol. The fourth-order valence-corrected chi connectivity index (χ4v) is 3.60. The summed E-state index contributed by atoms with van der Waals surface area (Å²) < 4.78 is 0. The number of carbonyl (C=O) groups is 1. The van der Waals surface area contributed by atoms with Gasteiger partial charge in [-0.05, 0) is 25.1 Å². The Morgan fingerprint density at radius 3 is 2.87 bits per heavy atom. The molecule has 2 N–H and O–H groups in total. The summed E-state index contributed by atoms with van der Waals surface area (Å²) in [5, 5.41) is 4.32. The van der Waals surface area contributed by atoms with Crippen LogP contribution in [0.4, 0.5) is 10.8 Å². The van der Waals surface area contributed by atoms with E-state index in [1.54, 1.807) is 6.20 Å². The number of piperazine rings is 1. The average Bonchev–Trinajstić information content (AvgIpc) is 2.93. The molecule has 1 aromatic heterocycles. The van der Waals surface area contributed by atoms with Crippen molar-refractivity contribution in [1.82, 2.24) is 4.98 Å². The Balaban J connectivity index is 1.48. The van der Waals surface area contributed by atoms with Crippen LogP contribution in [0.25, 0.3) is 0 Å². The summed E-state index contributed by atoms with van der Waals surface area (Å²) in [5.41, 5.74) is 1.15. The number of hydrogen-bond acceptors (Lipinski definition) is 4. The molecule has 0 unspecified atom stereocenters. The van der Waals surface area contributed by atoms with Crippen LogP contribution in [0.5, 0.6) is 0 Å². The molecular weight excluding hydrogens is 332 g/mol. The Labute approximate surface area is 144 Å². The van der Waals surface area contributed by atoms with Crippen LogP contribution in [0.1, 0.15) is 4.88 Å². The van der Waals surface area contributed by atoms with Gasteiger partial charge in [0.2, 0.25) is 0 Å². The topological polar surface area (TPSA) is 49.7 Å². The molecular formula is C16H20ClN4OS+. The van der Waals surface area contributed by atoms with Crippen molar-refractivity contribution >= 4 is 39.7 Å². The lowest BCUT2D eigenvalue weighted by Crippen LogP contribution is -3.15. The standard InChI is InChI=1S/C16H19ClN4OS/c1-12-10-18-16(23-12)19-15(22)11-20-5-7-21(8-6-20)14-4-2-3-13(17)9-14/h2-4,9-10H,5-8,11H2,1H3,(H,18,19,22)/p+1. The van der Waals surface area contributed by atoms with Crippen molar-refractivity contribution < 1.29 is 9.69 Å². The fraction of sp³-hybridized carbons (Fsp3) is 0.375. The second-order valence-corrected chi connectivity index (χ2v) is 7.39. The van der Waals surface area contributed by atoms with E-state index in [0.29, 0.717) is 11.7 Å². The van der Waals surface area contributed by atoms with E-state index in [2.05, 4.69) is 21.3 Å². The van der Waals surface area contributed by atoms with E-state index in [1.165, 1.54) is 16.2 Å². The highest BCUT2D eigenvalue weighted by Gasteiger charge is 2.22. The molecule has 23 heavy (non-hydrogen) atoms. The number of nitrogens with one attached hydrogen (secondary N) is 2. The lowest BCUT2D eigenvalue weighted by molar-refractivity contribution is -0.892. The number of anilines is 2. The van der Waals surface area contributed by atoms with Crippen molar-refractivity contribution in [2.45, 2.75) is 6.92 Å². The van der Waals surface area contributed by atoms with Gasteiger partial charge in [-0.25, -0.2) is 4.98 Å². The van der Waals surface area contributed by atoms with E-state index < -0.39 is 0 Å². The summed E-state index contributed by atoms with van der Waals surface area (Å²) in [5.74, 6) is 0.0329. The van der Waals surface area contributed by atoms with Crippen molar-refractivity contribution in [1.29, 1.82) is 0 Å². The van der Waals surface area contributed by atoms with Crippen LogP contribution in [0.2, 0.25) is 5.02 Å². The average molecular weight is 352 g/mol. The van der Waals surface area contributed by atoms with Crippen molar-refractivity contribution in [3.8, 4) is 0 Å². The number of quaternary nitrogens is 1. The summed E-state index contributed by atoms with van der Waals surface area (Å²) in [6.07, 6.45) is 1.77. The molecule has 3 rings (SSSR count). The summed E-state index contributed by atoms with van der Waals surface area (Å²) in [4.78, 5) is 21.0. The Hall–Kier alpha value is -1.63. The maximum atomic E-state index is 12.1. The molecule has 1 saturated heterocycles. The van der Waals surface area contributed by atoms with Gasteiger partial charge in [-0.3, -0.25) is 10.1 Å². The van der Waals surface area contributed by atoms with E-state index in [0.717, 1.165) is 41.8 Å². The van der Waals surface area contributed by atoms with Crippen LogP contribution >= 0.6 is 22.9 Å². The Kier molecular flexibility index (Phi) is 5.15. The van der Waals surface area contributed by atoms with Crippen LogP contribution in [0.3, 0.4) is 0 Å². The molecule has 2 aromatic rings. The van der Waals surface area contributed by atoms with Gasteiger partial charge >= 0.3 is 0 Å². The Bertz CT molecular complexity index is 682. The molecule has 1 aliphatic heterocycles. The van der Waals surface area contributed by atoms with Crippen LogP contribution in [0.15, 0.2) is 30.5 Å². The molecule has 0 saturated carbocycles. The van der Waals surface area contributed by atoms with E-state index in [-0.39, 0.29) is 5.91 Å². The fourth-order valence-electron chi connectivity index (χ4n) is 2.73. The number of hydrogen-bond donors (Lipinski definition) is 2. The minimum absolute atomic E-state index is 0.0329. The molecule has 5 nitrogen and oxygen atoms in total. The quantitative estimate of drug-likeness (QED) is 0.876. The maximum absolute atomic E-state index is 12.1. The minimum atomic E-state index is 0.0329. The van der Waals surface area contributed by atoms with Gasteiger partial charge in [0.15, 0.2) is 11.7 Å². The van der Waals surface area contributed by atoms with Gasteiger partial charge in [-0.15, -0.1) is 11.3 Å². The molecule has 1 aliphatic rings. The molecule has 1 fully saturated rings. The van der Waals surface area contributed by atoms with E-state index in [4.69, 9.17) is 11.6 Å². The van der Waals surface area contributed by atoms with E-state index in [1.807, 2.05) is 25.1 Å². The zero-order valence-electron chi connectivity index (χ0n) is 13.0. The largest absolute Gasteiger partial charge is 0.360 e. The molecule has 1 amide bonds. The van der Waals surface area contributed by atoms with Gasteiger partial charge in [0.1, 0.15) is 0 Å². The van der Waals surface area contributed by atoms with Crippen molar-refractivity contribution in [2.24, 2.45) is 0 Å². The lowest BCUT2D eigenvalue weighted by atomic mass is 10.2. The third kappa shape index (κ3) is 4.43. The number of aromatic nitrogens is 1. The van der Waals surface area contributed by atoms with E-state index in [9.17, 15) is 4.79 Å². The molecule has 0 aliphatic carbocycles. The summed E-state index contributed by atoms with van der Waals surface area (Å²) in [6, 6.07) is 7.93. The SMILES string of the molecule is Cc1cnc(NC(=O)C[NH+]2CCN(c3cccc(Cl)c3)CC2)s1. The van der Waals surface area contributed by atoms with Crippen molar-refractivity contribution in [3.63, 3.8) is 0 Å². The highest BCUT2D eigenvalue weighted by Crippen LogP contribution is 2.19. The molecule has 0 atom stereocenters. The van der Waals surface area contributed by atoms with Crippen LogP contribution < -0.4 is 15.1 Å². The first-order valence-electron chi connectivity index (χ1n) is 7.66. The number of halogens is 1. The second kappa shape index (κ2) is 7.29. The van der Waals surface area contributed by atoms with Gasteiger partial charge in [0.05, 0.1) is 26.2 Å². The highest BCUT2D eigenvalue weighted by molar-refractivity contribution is 7.15. The first-order valence-corrected chi connectivity index (χ1v) is 8.86. The van der Waals surface area contributed by atoms with Crippen LogP contribution in [0, 0.1) is 6.92 Å². The maximum Gasteiger partial charge on any atom is 0.281 e. The lowest BCUT2D eigenvalue weighted by Gasteiger charge is -2.33. The zero-order chi connectivity index (χ0) is 16.2. The van der Waals surface area contributed by atoms with Gasteiger partial charge < -0.3 is 9.80 Å². The van der Waals surface area contributed by atoms with Gasteiger partial charge in [0.25, 0.3) is 5.91 Å².